The van der Waals surface area contributed by atoms with E-state index in [4.69, 9.17) is 4.74 Å². The summed E-state index contributed by atoms with van der Waals surface area (Å²) in [5.74, 6) is 0. The van der Waals surface area contributed by atoms with Crippen LogP contribution in [0.1, 0.15) is 31.9 Å². The monoisotopic (exact) mass is 263 g/mol. The number of carbonyl (C=O) groups excluding carboxylic acids is 1. The molecule has 0 radical (unpaired) electrons. The third kappa shape index (κ3) is 5.14. The molecule has 1 amide bonds. The summed E-state index contributed by atoms with van der Waals surface area (Å²) in [5, 5.41) is 12.6. The molecule has 104 valence electrons. The second kappa shape index (κ2) is 7.59. The lowest BCUT2D eigenvalue weighted by Crippen LogP contribution is -2.28. The number of hydrogen-bond donors (Lipinski definition) is 2. The summed E-state index contributed by atoms with van der Waals surface area (Å²) in [6, 6.07) is 9.35. The van der Waals surface area contributed by atoms with E-state index in [1.54, 1.807) is 6.92 Å². The Balaban J connectivity index is 2.48. The van der Waals surface area contributed by atoms with Crippen molar-refractivity contribution in [1.29, 1.82) is 0 Å². The van der Waals surface area contributed by atoms with Gasteiger partial charge in [0.15, 0.2) is 0 Å². The smallest absolute Gasteiger partial charge is 0.407 e. The molecule has 0 aromatic heterocycles. The van der Waals surface area contributed by atoms with Gasteiger partial charge in [-0.1, -0.05) is 36.9 Å². The van der Waals surface area contributed by atoms with E-state index < -0.39 is 18.3 Å². The van der Waals surface area contributed by atoms with Crippen LogP contribution in [0.4, 0.5) is 4.79 Å². The fourth-order valence-corrected chi connectivity index (χ4v) is 1.64. The van der Waals surface area contributed by atoms with Crippen LogP contribution >= 0.6 is 0 Å². The van der Waals surface area contributed by atoms with E-state index in [1.165, 1.54) is 0 Å². The fourth-order valence-electron chi connectivity index (χ4n) is 1.64. The van der Waals surface area contributed by atoms with Gasteiger partial charge in [0.05, 0.1) is 6.10 Å². The summed E-state index contributed by atoms with van der Waals surface area (Å²) in [6.45, 7) is 7.95. The number of carbonyl (C=O) groups is 1. The van der Waals surface area contributed by atoms with Crippen LogP contribution in [-0.4, -0.2) is 23.8 Å². The molecule has 1 aromatic carbocycles. The SMILES string of the molecule is C=C(C[C@H](O)c1ccccc1)[C@@H](C)OC(=O)NCC. The van der Waals surface area contributed by atoms with Crippen molar-refractivity contribution in [3.63, 3.8) is 0 Å². The van der Waals surface area contributed by atoms with Gasteiger partial charge in [-0.25, -0.2) is 4.79 Å². The molecule has 0 fully saturated rings. The van der Waals surface area contributed by atoms with Crippen LogP contribution in [0.5, 0.6) is 0 Å². The molecule has 1 rings (SSSR count). The van der Waals surface area contributed by atoms with Crippen molar-refractivity contribution in [3.8, 4) is 0 Å². The quantitative estimate of drug-likeness (QED) is 0.776. The summed E-state index contributed by atoms with van der Waals surface area (Å²) < 4.78 is 5.13. The summed E-state index contributed by atoms with van der Waals surface area (Å²) in [5.41, 5.74) is 1.51. The van der Waals surface area contributed by atoms with Crippen molar-refractivity contribution in [2.75, 3.05) is 6.54 Å². The van der Waals surface area contributed by atoms with Crippen LogP contribution < -0.4 is 5.32 Å². The molecule has 0 unspecified atom stereocenters. The molecule has 0 aliphatic heterocycles. The number of nitrogens with one attached hydrogen (secondary N) is 1. The summed E-state index contributed by atoms with van der Waals surface area (Å²) in [4.78, 5) is 11.3. The van der Waals surface area contributed by atoms with Gasteiger partial charge in [-0.15, -0.1) is 0 Å². The van der Waals surface area contributed by atoms with Gasteiger partial charge in [0, 0.05) is 13.0 Å². The molecule has 4 nitrogen and oxygen atoms in total. The number of benzene rings is 1. The Labute approximate surface area is 114 Å². The first kappa shape index (κ1) is 15.2. The average molecular weight is 263 g/mol. The Kier molecular flexibility index (Phi) is 6.09. The highest BCUT2D eigenvalue weighted by Crippen LogP contribution is 2.22. The molecule has 0 saturated carbocycles. The summed E-state index contributed by atoms with van der Waals surface area (Å²) in [6.07, 6.45) is -1.16. The Morgan fingerprint density at radius 1 is 1.42 bits per heavy atom. The zero-order valence-electron chi connectivity index (χ0n) is 11.4. The number of rotatable bonds is 6. The van der Waals surface area contributed by atoms with E-state index in [-0.39, 0.29) is 0 Å². The lowest BCUT2D eigenvalue weighted by atomic mass is 10.00. The van der Waals surface area contributed by atoms with Crippen molar-refractivity contribution < 1.29 is 14.6 Å². The van der Waals surface area contributed by atoms with Gasteiger partial charge in [-0.2, -0.15) is 0 Å². The highest BCUT2D eigenvalue weighted by Gasteiger charge is 2.16. The Bertz CT molecular complexity index is 417. The van der Waals surface area contributed by atoms with Crippen LogP contribution in [0.3, 0.4) is 0 Å². The van der Waals surface area contributed by atoms with Gasteiger partial charge < -0.3 is 15.2 Å². The van der Waals surface area contributed by atoms with E-state index >= 15 is 0 Å². The topological polar surface area (TPSA) is 58.6 Å². The van der Waals surface area contributed by atoms with Gasteiger partial charge in [0.1, 0.15) is 6.10 Å². The third-order valence-electron chi connectivity index (χ3n) is 2.82. The number of hydrogen-bond acceptors (Lipinski definition) is 3. The first-order valence-corrected chi connectivity index (χ1v) is 6.39. The zero-order valence-corrected chi connectivity index (χ0v) is 11.4. The Morgan fingerprint density at radius 2 is 2.05 bits per heavy atom. The molecule has 0 saturated heterocycles. The van der Waals surface area contributed by atoms with Crippen LogP contribution in [0, 0.1) is 0 Å². The first-order valence-electron chi connectivity index (χ1n) is 6.39. The standard InChI is InChI=1S/C15H21NO3/c1-4-16-15(18)19-12(3)11(2)10-14(17)13-8-6-5-7-9-13/h5-9,12,14,17H,2,4,10H2,1,3H3,(H,16,18)/t12-,14+/m1/s1. The Morgan fingerprint density at radius 3 is 2.63 bits per heavy atom. The molecule has 4 heteroatoms. The molecule has 0 spiro atoms. The second-order valence-corrected chi connectivity index (χ2v) is 4.37. The van der Waals surface area contributed by atoms with Crippen molar-refractivity contribution in [3.05, 3.63) is 48.0 Å². The average Bonchev–Trinajstić information content (AvgIpc) is 2.39. The minimum atomic E-state index is -0.631. The molecule has 0 aliphatic carbocycles. The van der Waals surface area contributed by atoms with Crippen molar-refractivity contribution in [1.82, 2.24) is 5.32 Å². The maximum absolute atomic E-state index is 11.3. The molecular weight excluding hydrogens is 242 g/mol. The van der Waals surface area contributed by atoms with Gasteiger partial charge in [0.25, 0.3) is 0 Å². The van der Waals surface area contributed by atoms with Crippen LogP contribution in [-0.2, 0) is 4.74 Å². The first-order chi connectivity index (χ1) is 9.04. The molecule has 1 aromatic rings. The predicted octanol–water partition coefficient (Wildman–Crippen LogP) is 2.80. The highest BCUT2D eigenvalue weighted by molar-refractivity contribution is 5.67. The van der Waals surface area contributed by atoms with Crippen LogP contribution in [0.15, 0.2) is 42.5 Å². The molecule has 0 bridgehead atoms. The maximum atomic E-state index is 11.3. The third-order valence-corrected chi connectivity index (χ3v) is 2.82. The number of aliphatic hydroxyl groups is 1. The van der Waals surface area contributed by atoms with Crippen LogP contribution in [0.25, 0.3) is 0 Å². The second-order valence-electron chi connectivity index (χ2n) is 4.37. The largest absolute Gasteiger partial charge is 0.442 e. The van der Waals surface area contributed by atoms with E-state index in [0.717, 1.165) is 5.56 Å². The molecular formula is C15H21NO3. The summed E-state index contributed by atoms with van der Waals surface area (Å²) >= 11 is 0. The Hall–Kier alpha value is -1.81. The minimum Gasteiger partial charge on any atom is -0.442 e. The van der Waals surface area contributed by atoms with Crippen LogP contribution in [0.2, 0.25) is 0 Å². The minimum absolute atomic E-state index is 0.366. The van der Waals surface area contributed by atoms with Gasteiger partial charge in [-0.05, 0) is 25.0 Å². The number of ether oxygens (including phenoxy) is 1. The van der Waals surface area contributed by atoms with E-state index in [2.05, 4.69) is 11.9 Å². The van der Waals surface area contributed by atoms with E-state index in [1.807, 2.05) is 37.3 Å². The molecule has 0 aliphatic rings. The highest BCUT2D eigenvalue weighted by atomic mass is 16.6. The lowest BCUT2D eigenvalue weighted by molar-refractivity contribution is 0.113. The predicted molar refractivity (Wildman–Crippen MR) is 74.8 cm³/mol. The van der Waals surface area contributed by atoms with E-state index in [0.29, 0.717) is 18.5 Å². The van der Waals surface area contributed by atoms with Crippen molar-refractivity contribution >= 4 is 6.09 Å². The molecule has 19 heavy (non-hydrogen) atoms. The summed E-state index contributed by atoms with van der Waals surface area (Å²) in [7, 11) is 0. The zero-order chi connectivity index (χ0) is 14.3. The normalized spacial score (nSPS) is 13.4. The van der Waals surface area contributed by atoms with Crippen molar-refractivity contribution in [2.24, 2.45) is 0 Å². The van der Waals surface area contributed by atoms with Gasteiger partial charge in [-0.3, -0.25) is 0 Å². The molecule has 2 atom stereocenters. The maximum Gasteiger partial charge on any atom is 0.407 e. The lowest BCUT2D eigenvalue weighted by Gasteiger charge is -2.19. The van der Waals surface area contributed by atoms with Crippen molar-refractivity contribution in [2.45, 2.75) is 32.5 Å². The molecule has 2 N–H and O–H groups in total. The number of alkyl carbamates (subject to hydrolysis) is 1. The van der Waals surface area contributed by atoms with Gasteiger partial charge in [0.2, 0.25) is 0 Å². The van der Waals surface area contributed by atoms with Gasteiger partial charge >= 0.3 is 6.09 Å². The number of amides is 1. The fraction of sp³-hybridized carbons (Fsp3) is 0.400. The molecule has 0 heterocycles. The van der Waals surface area contributed by atoms with E-state index in [9.17, 15) is 9.90 Å². The number of aliphatic hydroxyl groups excluding tert-OH is 1.